The number of phenols is 1. The average Bonchev–Trinajstić information content (AvgIpc) is 2.32. The Kier molecular flexibility index (Phi) is 3.71. The maximum Gasteiger partial charge on any atom is 0.124 e. The van der Waals surface area contributed by atoms with Gasteiger partial charge in [-0.25, -0.2) is 0 Å². The first-order valence-corrected chi connectivity index (χ1v) is 5.79. The lowest BCUT2D eigenvalue weighted by Gasteiger charge is -1.99. The topological polar surface area (TPSA) is 32.6 Å². The van der Waals surface area contributed by atoms with Crippen LogP contribution in [0.1, 0.15) is 5.56 Å². The van der Waals surface area contributed by atoms with Gasteiger partial charge in [0.15, 0.2) is 0 Å². The Bertz CT molecular complexity index is 552. The largest absolute Gasteiger partial charge is 0.507 e. The van der Waals surface area contributed by atoms with Gasteiger partial charge in [-0.2, -0.15) is 0 Å². The lowest BCUT2D eigenvalue weighted by molar-refractivity contribution is 0.474. The van der Waals surface area contributed by atoms with Gasteiger partial charge in [0.2, 0.25) is 0 Å². The molecule has 0 fully saturated rings. The van der Waals surface area contributed by atoms with Crippen LogP contribution in [0.2, 0.25) is 5.02 Å². The number of rotatable bonds is 2. The van der Waals surface area contributed by atoms with Crippen LogP contribution in [0.5, 0.6) is 5.75 Å². The van der Waals surface area contributed by atoms with Crippen LogP contribution >= 0.6 is 24.2 Å². The van der Waals surface area contributed by atoms with E-state index in [4.69, 9.17) is 11.6 Å². The van der Waals surface area contributed by atoms with Crippen molar-refractivity contribution in [3.8, 4) is 5.75 Å². The third kappa shape index (κ3) is 3.25. The summed E-state index contributed by atoms with van der Waals surface area (Å²) in [6, 6.07) is 12.2. The molecule has 0 aliphatic carbocycles. The first kappa shape index (κ1) is 12.0. The summed E-state index contributed by atoms with van der Waals surface area (Å²) in [5.74, 6) is 0.156. The van der Waals surface area contributed by atoms with E-state index in [2.05, 4.69) is 17.6 Å². The molecule has 0 aliphatic rings. The van der Waals surface area contributed by atoms with Gasteiger partial charge >= 0.3 is 0 Å². The Labute approximate surface area is 110 Å². The second kappa shape index (κ2) is 5.25. The number of phenolic OH excluding ortho intramolecular Hbond substituents is 1. The molecule has 2 aromatic rings. The summed E-state index contributed by atoms with van der Waals surface area (Å²) in [6.45, 7) is 0. The van der Waals surface area contributed by atoms with Crippen LogP contribution in [0, 0.1) is 0 Å². The van der Waals surface area contributed by atoms with Crippen LogP contribution in [-0.2, 0) is 0 Å². The Hall–Kier alpha value is -1.45. The smallest absolute Gasteiger partial charge is 0.124 e. The maximum absolute atomic E-state index is 9.59. The van der Waals surface area contributed by atoms with Crippen LogP contribution in [0.3, 0.4) is 0 Å². The fraction of sp³-hybridized carbons (Fsp3) is 0. The van der Waals surface area contributed by atoms with Crippen LogP contribution in [0.25, 0.3) is 0 Å². The van der Waals surface area contributed by atoms with E-state index in [1.54, 1.807) is 24.4 Å². The van der Waals surface area contributed by atoms with Gasteiger partial charge in [0, 0.05) is 21.7 Å². The van der Waals surface area contributed by atoms with Gasteiger partial charge in [-0.05, 0) is 42.5 Å². The molecule has 2 aromatic carbocycles. The fourth-order valence-corrected chi connectivity index (χ4v) is 1.64. The zero-order valence-corrected chi connectivity index (χ0v) is 10.5. The van der Waals surface area contributed by atoms with Crippen LogP contribution in [0.15, 0.2) is 52.4 Å². The third-order valence-electron chi connectivity index (χ3n) is 2.19. The highest BCUT2D eigenvalue weighted by molar-refractivity contribution is 7.80. The second-order valence-electron chi connectivity index (χ2n) is 3.48. The molecule has 17 heavy (non-hydrogen) atoms. The fourth-order valence-electron chi connectivity index (χ4n) is 1.31. The van der Waals surface area contributed by atoms with Crippen molar-refractivity contribution in [2.75, 3.05) is 0 Å². The molecular weight excluding hydrogens is 254 g/mol. The van der Waals surface area contributed by atoms with E-state index in [1.165, 1.54) is 0 Å². The predicted octanol–water partition coefficient (Wildman–Crippen LogP) is 4.08. The molecule has 0 aromatic heterocycles. The number of thiol groups is 1. The van der Waals surface area contributed by atoms with E-state index in [9.17, 15) is 5.11 Å². The van der Waals surface area contributed by atoms with Gasteiger partial charge in [0.1, 0.15) is 5.75 Å². The molecule has 2 rings (SSSR count). The summed E-state index contributed by atoms with van der Waals surface area (Å²) < 4.78 is 0. The van der Waals surface area contributed by atoms with Crippen molar-refractivity contribution >= 4 is 36.1 Å². The van der Waals surface area contributed by atoms with Crippen molar-refractivity contribution in [1.82, 2.24) is 0 Å². The molecule has 4 heteroatoms. The monoisotopic (exact) mass is 263 g/mol. The first-order valence-electron chi connectivity index (χ1n) is 4.97. The van der Waals surface area contributed by atoms with Crippen molar-refractivity contribution < 1.29 is 5.11 Å². The standard InChI is InChI=1S/C13H10ClNOS/c14-10-1-6-13(16)9(7-10)8-15-11-2-4-12(17)5-3-11/h1-8,16-17H. The minimum atomic E-state index is 0.156. The molecule has 0 amide bonds. The summed E-state index contributed by atoms with van der Waals surface area (Å²) in [7, 11) is 0. The summed E-state index contributed by atoms with van der Waals surface area (Å²) in [6.07, 6.45) is 1.58. The number of aliphatic imine (C=N–C) groups is 1. The molecule has 86 valence electrons. The minimum Gasteiger partial charge on any atom is -0.507 e. The highest BCUT2D eigenvalue weighted by Gasteiger charge is 1.98. The number of nitrogens with zero attached hydrogens (tertiary/aromatic N) is 1. The molecule has 2 nitrogen and oxygen atoms in total. The Morgan fingerprint density at radius 2 is 1.82 bits per heavy atom. The van der Waals surface area contributed by atoms with E-state index in [0.717, 1.165) is 10.6 Å². The minimum absolute atomic E-state index is 0.156. The lowest BCUT2D eigenvalue weighted by Crippen LogP contribution is -1.81. The van der Waals surface area contributed by atoms with Gasteiger partial charge in [0.25, 0.3) is 0 Å². The molecule has 0 saturated heterocycles. The molecule has 0 heterocycles. The summed E-state index contributed by atoms with van der Waals surface area (Å²) in [5.41, 5.74) is 1.38. The van der Waals surface area contributed by atoms with E-state index in [1.807, 2.05) is 24.3 Å². The Morgan fingerprint density at radius 1 is 1.12 bits per heavy atom. The van der Waals surface area contributed by atoms with Gasteiger partial charge < -0.3 is 5.11 Å². The number of aromatic hydroxyl groups is 1. The van der Waals surface area contributed by atoms with E-state index < -0.39 is 0 Å². The van der Waals surface area contributed by atoms with Crippen molar-refractivity contribution in [3.05, 3.63) is 53.1 Å². The van der Waals surface area contributed by atoms with Gasteiger partial charge in [-0.15, -0.1) is 12.6 Å². The Morgan fingerprint density at radius 3 is 2.53 bits per heavy atom. The summed E-state index contributed by atoms with van der Waals surface area (Å²) in [5, 5.41) is 10.2. The number of hydrogen-bond donors (Lipinski definition) is 2. The molecule has 0 aliphatic heterocycles. The van der Waals surface area contributed by atoms with Crippen molar-refractivity contribution in [2.24, 2.45) is 4.99 Å². The average molecular weight is 264 g/mol. The van der Waals surface area contributed by atoms with Crippen molar-refractivity contribution in [1.29, 1.82) is 0 Å². The molecule has 0 atom stereocenters. The quantitative estimate of drug-likeness (QED) is 0.621. The SMILES string of the molecule is Oc1ccc(Cl)cc1C=Nc1ccc(S)cc1. The highest BCUT2D eigenvalue weighted by Crippen LogP contribution is 2.21. The third-order valence-corrected chi connectivity index (χ3v) is 2.73. The maximum atomic E-state index is 9.59. The summed E-state index contributed by atoms with van der Waals surface area (Å²) >= 11 is 10.0. The van der Waals surface area contributed by atoms with Crippen molar-refractivity contribution in [3.63, 3.8) is 0 Å². The van der Waals surface area contributed by atoms with Crippen molar-refractivity contribution in [2.45, 2.75) is 4.90 Å². The molecular formula is C13H10ClNOS. The van der Waals surface area contributed by atoms with E-state index in [0.29, 0.717) is 10.6 Å². The molecule has 0 spiro atoms. The molecule has 0 bridgehead atoms. The number of hydrogen-bond acceptors (Lipinski definition) is 3. The van der Waals surface area contributed by atoms with Crippen LogP contribution in [0.4, 0.5) is 5.69 Å². The first-order chi connectivity index (χ1) is 8.15. The number of benzene rings is 2. The van der Waals surface area contributed by atoms with E-state index in [-0.39, 0.29) is 5.75 Å². The lowest BCUT2D eigenvalue weighted by atomic mass is 10.2. The van der Waals surface area contributed by atoms with Crippen LogP contribution in [-0.4, -0.2) is 11.3 Å². The molecule has 1 N–H and O–H groups in total. The summed E-state index contributed by atoms with van der Waals surface area (Å²) in [4.78, 5) is 5.13. The van der Waals surface area contributed by atoms with Crippen LogP contribution < -0.4 is 0 Å². The van der Waals surface area contributed by atoms with Gasteiger partial charge in [-0.1, -0.05) is 11.6 Å². The molecule has 0 unspecified atom stereocenters. The van der Waals surface area contributed by atoms with Gasteiger partial charge in [0.05, 0.1) is 5.69 Å². The van der Waals surface area contributed by atoms with Gasteiger partial charge in [-0.3, -0.25) is 4.99 Å². The predicted molar refractivity (Wildman–Crippen MR) is 74.1 cm³/mol. The molecule has 0 saturated carbocycles. The van der Waals surface area contributed by atoms with E-state index >= 15 is 0 Å². The normalized spacial score (nSPS) is 10.9. The molecule has 0 radical (unpaired) electrons. The zero-order valence-electron chi connectivity index (χ0n) is 8.84. The Balaban J connectivity index is 2.25. The zero-order chi connectivity index (χ0) is 12.3. The highest BCUT2D eigenvalue weighted by atomic mass is 35.5. The second-order valence-corrected chi connectivity index (χ2v) is 4.43. The number of halogens is 1.